The summed E-state index contributed by atoms with van der Waals surface area (Å²) in [5.41, 5.74) is 6.48. The van der Waals surface area contributed by atoms with Gasteiger partial charge in [0.1, 0.15) is 5.75 Å². The second-order valence-electron chi connectivity index (χ2n) is 5.25. The normalized spacial score (nSPS) is 23.2. The Morgan fingerprint density at radius 2 is 2.32 bits per heavy atom. The third kappa shape index (κ3) is 3.07. The summed E-state index contributed by atoms with van der Waals surface area (Å²) in [6, 6.07) is 7.46. The molecule has 0 bridgehead atoms. The molecule has 1 saturated heterocycles. The van der Waals surface area contributed by atoms with Crippen molar-refractivity contribution >= 4 is 5.91 Å². The lowest BCUT2D eigenvalue weighted by Gasteiger charge is -2.38. The SMILES string of the molecule is COc1cccc(C(=O)N2CCC(C)CC2CN)c1. The Hall–Kier alpha value is -1.55. The first-order valence-corrected chi connectivity index (χ1v) is 6.80. The summed E-state index contributed by atoms with van der Waals surface area (Å²) in [5, 5.41) is 0. The minimum absolute atomic E-state index is 0.0567. The summed E-state index contributed by atoms with van der Waals surface area (Å²) < 4.78 is 5.17. The second kappa shape index (κ2) is 6.06. The molecular weight excluding hydrogens is 240 g/mol. The van der Waals surface area contributed by atoms with E-state index in [4.69, 9.17) is 10.5 Å². The van der Waals surface area contributed by atoms with Gasteiger partial charge in [0.2, 0.25) is 0 Å². The molecule has 0 aromatic heterocycles. The molecule has 1 aromatic rings. The second-order valence-corrected chi connectivity index (χ2v) is 5.25. The molecule has 0 aliphatic carbocycles. The molecule has 2 unspecified atom stereocenters. The fourth-order valence-corrected chi connectivity index (χ4v) is 2.66. The van der Waals surface area contributed by atoms with E-state index in [0.717, 1.165) is 19.4 Å². The maximum Gasteiger partial charge on any atom is 0.254 e. The van der Waals surface area contributed by atoms with E-state index in [9.17, 15) is 4.79 Å². The van der Waals surface area contributed by atoms with Crippen LogP contribution in [0.25, 0.3) is 0 Å². The Labute approximate surface area is 114 Å². The van der Waals surface area contributed by atoms with Gasteiger partial charge in [0.15, 0.2) is 0 Å². The molecule has 0 saturated carbocycles. The fraction of sp³-hybridized carbons (Fsp3) is 0.533. The van der Waals surface area contributed by atoms with Gasteiger partial charge in [-0.05, 0) is 37.0 Å². The Kier molecular flexibility index (Phi) is 4.43. The lowest BCUT2D eigenvalue weighted by atomic mass is 9.92. The van der Waals surface area contributed by atoms with Crippen molar-refractivity contribution in [3.05, 3.63) is 29.8 Å². The summed E-state index contributed by atoms with van der Waals surface area (Å²) in [6.45, 7) is 3.54. The average Bonchev–Trinajstić information content (AvgIpc) is 2.46. The lowest BCUT2D eigenvalue weighted by molar-refractivity contribution is 0.0573. The number of carbonyl (C=O) groups is 1. The van der Waals surface area contributed by atoms with E-state index in [0.29, 0.717) is 23.8 Å². The molecule has 1 amide bonds. The Balaban J connectivity index is 2.17. The van der Waals surface area contributed by atoms with Crippen LogP contribution in [0.3, 0.4) is 0 Å². The first-order valence-electron chi connectivity index (χ1n) is 6.80. The monoisotopic (exact) mass is 262 g/mol. The van der Waals surface area contributed by atoms with Gasteiger partial charge >= 0.3 is 0 Å². The number of piperidine rings is 1. The minimum Gasteiger partial charge on any atom is -0.497 e. The van der Waals surface area contributed by atoms with Crippen LogP contribution in [-0.4, -0.2) is 37.0 Å². The number of amides is 1. The smallest absolute Gasteiger partial charge is 0.254 e. The molecule has 1 heterocycles. The van der Waals surface area contributed by atoms with E-state index >= 15 is 0 Å². The molecule has 104 valence electrons. The number of carbonyl (C=O) groups excluding carboxylic acids is 1. The molecule has 2 rings (SSSR count). The van der Waals surface area contributed by atoms with Gasteiger partial charge in [-0.25, -0.2) is 0 Å². The Bertz CT molecular complexity index is 448. The highest BCUT2D eigenvalue weighted by Gasteiger charge is 2.29. The molecule has 19 heavy (non-hydrogen) atoms. The van der Waals surface area contributed by atoms with Gasteiger partial charge in [0.05, 0.1) is 7.11 Å². The van der Waals surface area contributed by atoms with Crippen LogP contribution in [0.4, 0.5) is 0 Å². The first-order chi connectivity index (χ1) is 9.15. The average molecular weight is 262 g/mol. The molecule has 2 N–H and O–H groups in total. The predicted octanol–water partition coefficient (Wildman–Crippen LogP) is 1.89. The van der Waals surface area contributed by atoms with Crippen LogP contribution < -0.4 is 10.5 Å². The highest BCUT2D eigenvalue weighted by atomic mass is 16.5. The summed E-state index contributed by atoms with van der Waals surface area (Å²) in [4.78, 5) is 14.5. The maximum absolute atomic E-state index is 12.6. The van der Waals surface area contributed by atoms with Gasteiger partial charge in [-0.15, -0.1) is 0 Å². The molecule has 0 spiro atoms. The van der Waals surface area contributed by atoms with Crippen molar-refractivity contribution in [3.8, 4) is 5.75 Å². The van der Waals surface area contributed by atoms with Gasteiger partial charge in [-0.3, -0.25) is 4.79 Å². The lowest BCUT2D eigenvalue weighted by Crippen LogP contribution is -2.49. The Morgan fingerprint density at radius 1 is 1.53 bits per heavy atom. The van der Waals surface area contributed by atoms with Crippen LogP contribution in [0.1, 0.15) is 30.1 Å². The van der Waals surface area contributed by atoms with Crippen molar-refractivity contribution in [1.82, 2.24) is 4.90 Å². The summed E-state index contributed by atoms with van der Waals surface area (Å²) in [7, 11) is 1.61. The van der Waals surface area contributed by atoms with E-state index in [1.807, 2.05) is 23.1 Å². The van der Waals surface area contributed by atoms with Crippen LogP contribution in [0.5, 0.6) is 5.75 Å². The summed E-state index contributed by atoms with van der Waals surface area (Å²) in [6.07, 6.45) is 2.04. The highest BCUT2D eigenvalue weighted by Crippen LogP contribution is 2.24. The van der Waals surface area contributed by atoms with Crippen LogP contribution in [0, 0.1) is 5.92 Å². The number of methoxy groups -OCH3 is 1. The van der Waals surface area contributed by atoms with Crippen molar-refractivity contribution in [2.24, 2.45) is 11.7 Å². The van der Waals surface area contributed by atoms with E-state index in [-0.39, 0.29) is 11.9 Å². The van der Waals surface area contributed by atoms with E-state index in [1.165, 1.54) is 0 Å². The molecule has 1 aliphatic heterocycles. The minimum atomic E-state index is 0.0567. The van der Waals surface area contributed by atoms with Crippen molar-refractivity contribution < 1.29 is 9.53 Å². The number of likely N-dealkylation sites (tertiary alicyclic amines) is 1. The number of rotatable bonds is 3. The van der Waals surface area contributed by atoms with Gasteiger partial charge in [-0.1, -0.05) is 13.0 Å². The third-order valence-corrected chi connectivity index (χ3v) is 3.83. The maximum atomic E-state index is 12.6. The topological polar surface area (TPSA) is 55.6 Å². The van der Waals surface area contributed by atoms with E-state index in [2.05, 4.69) is 6.92 Å². The van der Waals surface area contributed by atoms with Gasteiger partial charge < -0.3 is 15.4 Å². The molecule has 2 atom stereocenters. The largest absolute Gasteiger partial charge is 0.497 e. The number of benzene rings is 1. The third-order valence-electron chi connectivity index (χ3n) is 3.83. The molecule has 4 heteroatoms. The van der Waals surface area contributed by atoms with Crippen LogP contribution >= 0.6 is 0 Å². The molecule has 4 nitrogen and oxygen atoms in total. The molecule has 0 radical (unpaired) electrons. The van der Waals surface area contributed by atoms with Gasteiger partial charge in [0, 0.05) is 24.7 Å². The molecule has 1 aliphatic rings. The van der Waals surface area contributed by atoms with Crippen molar-refractivity contribution in [1.29, 1.82) is 0 Å². The first kappa shape index (κ1) is 13.9. The number of nitrogens with zero attached hydrogens (tertiary/aromatic N) is 1. The number of hydrogen-bond acceptors (Lipinski definition) is 3. The standard InChI is InChI=1S/C15H22N2O2/c1-11-6-7-17(13(8-11)10-16)15(18)12-4-3-5-14(9-12)19-2/h3-5,9,11,13H,6-8,10,16H2,1-2H3. The number of hydrogen-bond donors (Lipinski definition) is 1. The molecule has 1 aromatic carbocycles. The van der Waals surface area contributed by atoms with Crippen LogP contribution in [-0.2, 0) is 0 Å². The fourth-order valence-electron chi connectivity index (χ4n) is 2.66. The van der Waals surface area contributed by atoms with Crippen molar-refractivity contribution in [3.63, 3.8) is 0 Å². The quantitative estimate of drug-likeness (QED) is 0.905. The van der Waals surface area contributed by atoms with Gasteiger partial charge in [0.25, 0.3) is 5.91 Å². The summed E-state index contributed by atoms with van der Waals surface area (Å²) >= 11 is 0. The zero-order chi connectivity index (χ0) is 13.8. The zero-order valence-electron chi connectivity index (χ0n) is 11.6. The highest BCUT2D eigenvalue weighted by molar-refractivity contribution is 5.94. The molecule has 1 fully saturated rings. The predicted molar refractivity (Wildman–Crippen MR) is 75.3 cm³/mol. The van der Waals surface area contributed by atoms with Gasteiger partial charge in [-0.2, -0.15) is 0 Å². The van der Waals surface area contributed by atoms with Crippen LogP contribution in [0.2, 0.25) is 0 Å². The molecular formula is C15H22N2O2. The van der Waals surface area contributed by atoms with E-state index < -0.39 is 0 Å². The van der Waals surface area contributed by atoms with Crippen LogP contribution in [0.15, 0.2) is 24.3 Å². The zero-order valence-corrected chi connectivity index (χ0v) is 11.6. The van der Waals surface area contributed by atoms with Crippen molar-refractivity contribution in [2.45, 2.75) is 25.8 Å². The number of ether oxygens (including phenoxy) is 1. The van der Waals surface area contributed by atoms with E-state index in [1.54, 1.807) is 13.2 Å². The number of nitrogens with two attached hydrogens (primary N) is 1. The van der Waals surface area contributed by atoms with Crippen molar-refractivity contribution in [2.75, 3.05) is 20.2 Å². The summed E-state index contributed by atoms with van der Waals surface area (Å²) in [5.74, 6) is 1.41. The Morgan fingerprint density at radius 3 is 3.00 bits per heavy atom.